The smallest absolute Gasteiger partial charge is 0.301 e. The molecule has 1 aromatic heterocycles. The lowest BCUT2D eigenvalue weighted by atomic mass is 9.95. The second-order valence-corrected chi connectivity index (χ2v) is 10.9. The zero-order chi connectivity index (χ0) is 27.8. The summed E-state index contributed by atoms with van der Waals surface area (Å²) in [4.78, 5) is 33.0. The van der Waals surface area contributed by atoms with Crippen molar-refractivity contribution in [2.75, 3.05) is 4.90 Å². The number of aliphatic hydroxyl groups is 1. The third-order valence-corrected chi connectivity index (χ3v) is 8.01. The molecule has 4 aromatic carbocycles. The highest BCUT2D eigenvalue weighted by atomic mass is 35.5. The minimum Gasteiger partial charge on any atom is -0.507 e. The monoisotopic (exact) mass is 566 g/mol. The van der Waals surface area contributed by atoms with E-state index in [4.69, 9.17) is 16.3 Å². The van der Waals surface area contributed by atoms with Crippen LogP contribution in [0.3, 0.4) is 0 Å². The number of rotatable bonds is 6. The Balaban J connectivity index is 1.43. The largest absolute Gasteiger partial charge is 0.507 e. The quantitative estimate of drug-likeness (QED) is 0.131. The average molecular weight is 567 g/mol. The fourth-order valence-corrected chi connectivity index (χ4v) is 5.96. The van der Waals surface area contributed by atoms with Crippen molar-refractivity contribution in [3.63, 3.8) is 0 Å². The third-order valence-electron chi connectivity index (χ3n) is 6.76. The number of aromatic nitrogens is 1. The first-order valence-corrected chi connectivity index (χ1v) is 13.8. The molecule has 0 aliphatic carbocycles. The number of fused-ring (bicyclic) bond motifs is 1. The number of thiazole rings is 1. The molecule has 6 rings (SSSR count). The summed E-state index contributed by atoms with van der Waals surface area (Å²) in [6.07, 6.45) is 0. The Labute approximate surface area is 239 Å². The summed E-state index contributed by atoms with van der Waals surface area (Å²) in [5.41, 5.74) is 3.80. The highest BCUT2D eigenvalue weighted by Crippen LogP contribution is 2.44. The Morgan fingerprint density at radius 3 is 2.42 bits per heavy atom. The number of Topliss-reactive ketones (excluding diaryl/α,β-unsaturated/α-hetero) is 1. The molecular weight excluding hydrogens is 544 g/mol. The molecule has 8 heteroatoms. The molecule has 198 valence electrons. The van der Waals surface area contributed by atoms with Crippen molar-refractivity contribution in [3.8, 4) is 5.75 Å². The highest BCUT2D eigenvalue weighted by molar-refractivity contribution is 7.22. The molecule has 6 nitrogen and oxygen atoms in total. The topological polar surface area (TPSA) is 79.7 Å². The summed E-state index contributed by atoms with van der Waals surface area (Å²) in [5.74, 6) is -1.13. The van der Waals surface area contributed by atoms with Crippen molar-refractivity contribution < 1.29 is 19.4 Å². The van der Waals surface area contributed by atoms with E-state index in [1.165, 1.54) is 16.2 Å². The van der Waals surface area contributed by atoms with Gasteiger partial charge in [0.25, 0.3) is 5.78 Å². The number of amides is 1. The van der Waals surface area contributed by atoms with Gasteiger partial charge in [0, 0.05) is 10.6 Å². The number of carbonyl (C=O) groups excluding carboxylic acids is 2. The number of carbonyl (C=O) groups is 2. The molecule has 0 bridgehead atoms. The molecule has 1 unspecified atom stereocenters. The summed E-state index contributed by atoms with van der Waals surface area (Å²) < 4.78 is 6.72. The number of anilines is 1. The Morgan fingerprint density at radius 2 is 1.70 bits per heavy atom. The standard InChI is InChI=1S/C32H23ClN2O4S/c1-19-7-9-22(10-8-19)29(36)27-28(21-11-14-24(15-12-21)39-18-20-5-3-2-4-6-20)35(31(38)30(27)37)32-34-25-16-13-23(33)17-26(25)40-32/h2-17,28,36H,18H2,1H3. The summed E-state index contributed by atoms with van der Waals surface area (Å²) in [6.45, 7) is 2.34. The Bertz CT molecular complexity index is 1760. The van der Waals surface area contributed by atoms with E-state index in [1.807, 2.05) is 49.4 Å². The maximum absolute atomic E-state index is 13.5. The Kier molecular flexibility index (Phi) is 6.84. The van der Waals surface area contributed by atoms with Gasteiger partial charge in [-0.3, -0.25) is 14.5 Å². The van der Waals surface area contributed by atoms with Crippen molar-refractivity contribution in [3.05, 3.63) is 130 Å². The number of halogens is 1. The Hall–Kier alpha value is -4.46. The minimum atomic E-state index is -0.888. The van der Waals surface area contributed by atoms with Gasteiger partial charge in [-0.1, -0.05) is 95.2 Å². The van der Waals surface area contributed by atoms with Crippen molar-refractivity contribution in [1.82, 2.24) is 4.98 Å². The van der Waals surface area contributed by atoms with Gasteiger partial charge in [0.2, 0.25) is 0 Å². The maximum atomic E-state index is 13.5. The fourth-order valence-electron chi connectivity index (χ4n) is 4.69. The number of aliphatic hydroxyl groups excluding tert-OH is 1. The van der Waals surface area contributed by atoms with Crippen molar-refractivity contribution in [2.45, 2.75) is 19.6 Å². The van der Waals surface area contributed by atoms with Gasteiger partial charge in [-0.15, -0.1) is 0 Å². The molecule has 1 saturated heterocycles. The van der Waals surface area contributed by atoms with Crippen LogP contribution in [0.25, 0.3) is 16.0 Å². The van der Waals surface area contributed by atoms with Crippen molar-refractivity contribution in [1.29, 1.82) is 0 Å². The van der Waals surface area contributed by atoms with Crippen LogP contribution in [0.2, 0.25) is 5.02 Å². The number of ether oxygens (including phenoxy) is 1. The average Bonchev–Trinajstić information content (AvgIpc) is 3.50. The van der Waals surface area contributed by atoms with Crippen LogP contribution < -0.4 is 9.64 Å². The van der Waals surface area contributed by atoms with Gasteiger partial charge >= 0.3 is 5.91 Å². The van der Waals surface area contributed by atoms with Crippen LogP contribution in [0, 0.1) is 6.92 Å². The van der Waals surface area contributed by atoms with Crippen molar-refractivity contribution in [2.24, 2.45) is 0 Å². The summed E-state index contributed by atoms with van der Waals surface area (Å²) in [5, 5.41) is 12.2. The lowest BCUT2D eigenvalue weighted by molar-refractivity contribution is -0.132. The van der Waals surface area contributed by atoms with Crippen LogP contribution in [-0.4, -0.2) is 21.8 Å². The molecular formula is C32H23ClN2O4S. The van der Waals surface area contributed by atoms with Gasteiger partial charge in [-0.2, -0.15) is 0 Å². The SMILES string of the molecule is Cc1ccc(C(O)=C2C(=O)C(=O)N(c3nc4ccc(Cl)cc4s3)C2c2ccc(OCc3ccccc3)cc2)cc1. The van der Waals surface area contributed by atoms with Crippen LogP contribution >= 0.6 is 22.9 Å². The van der Waals surface area contributed by atoms with Gasteiger partial charge in [0.05, 0.1) is 21.8 Å². The lowest BCUT2D eigenvalue weighted by Crippen LogP contribution is -2.29. The maximum Gasteiger partial charge on any atom is 0.301 e. The third kappa shape index (κ3) is 4.85. The van der Waals surface area contributed by atoms with Crippen LogP contribution in [0.4, 0.5) is 5.13 Å². The molecule has 0 spiro atoms. The first kappa shape index (κ1) is 25.8. The molecule has 1 N–H and O–H groups in total. The van der Waals surface area contributed by atoms with E-state index in [2.05, 4.69) is 4.98 Å². The molecule has 1 amide bonds. The van der Waals surface area contributed by atoms with E-state index >= 15 is 0 Å². The first-order valence-electron chi connectivity index (χ1n) is 12.6. The van der Waals surface area contributed by atoms with E-state index in [9.17, 15) is 14.7 Å². The zero-order valence-electron chi connectivity index (χ0n) is 21.4. The molecule has 2 heterocycles. The van der Waals surface area contributed by atoms with Crippen LogP contribution in [0.5, 0.6) is 5.75 Å². The van der Waals surface area contributed by atoms with Crippen molar-refractivity contribution >= 4 is 55.7 Å². The molecule has 1 atom stereocenters. The summed E-state index contributed by atoms with van der Waals surface area (Å²) in [7, 11) is 0. The van der Waals surface area contributed by atoms with Gasteiger partial charge in [-0.25, -0.2) is 4.98 Å². The van der Waals surface area contributed by atoms with E-state index < -0.39 is 17.7 Å². The highest BCUT2D eigenvalue weighted by Gasteiger charge is 2.48. The van der Waals surface area contributed by atoms with E-state index in [0.717, 1.165) is 15.8 Å². The molecule has 1 fully saturated rings. The fraction of sp³-hybridized carbons (Fsp3) is 0.0938. The number of nitrogens with zero attached hydrogens (tertiary/aromatic N) is 2. The molecule has 40 heavy (non-hydrogen) atoms. The second-order valence-electron chi connectivity index (χ2n) is 9.49. The van der Waals surface area contributed by atoms with Crippen LogP contribution in [0.15, 0.2) is 103 Å². The molecule has 0 saturated carbocycles. The second kappa shape index (κ2) is 10.6. The number of aryl methyl sites for hydroxylation is 1. The molecule has 0 radical (unpaired) electrons. The summed E-state index contributed by atoms with van der Waals surface area (Å²) in [6, 6.07) is 28.6. The van der Waals surface area contributed by atoms with E-state index in [0.29, 0.717) is 39.2 Å². The molecule has 5 aromatic rings. The van der Waals surface area contributed by atoms with E-state index in [1.54, 1.807) is 54.6 Å². The van der Waals surface area contributed by atoms with Crippen LogP contribution in [-0.2, 0) is 16.2 Å². The zero-order valence-corrected chi connectivity index (χ0v) is 22.9. The predicted octanol–water partition coefficient (Wildman–Crippen LogP) is 7.46. The van der Waals surface area contributed by atoms with Gasteiger partial charge in [0.1, 0.15) is 18.1 Å². The first-order chi connectivity index (χ1) is 19.4. The minimum absolute atomic E-state index is 0.00379. The lowest BCUT2D eigenvalue weighted by Gasteiger charge is -2.23. The summed E-state index contributed by atoms with van der Waals surface area (Å²) >= 11 is 7.44. The normalized spacial score (nSPS) is 16.6. The van der Waals surface area contributed by atoms with Gasteiger partial charge in [-0.05, 0) is 48.4 Å². The predicted molar refractivity (Wildman–Crippen MR) is 158 cm³/mol. The number of hydrogen-bond donors (Lipinski definition) is 1. The Morgan fingerprint density at radius 1 is 0.975 bits per heavy atom. The van der Waals surface area contributed by atoms with Gasteiger partial charge in [0.15, 0.2) is 5.13 Å². The van der Waals surface area contributed by atoms with Crippen LogP contribution in [0.1, 0.15) is 28.3 Å². The number of benzene rings is 4. The van der Waals surface area contributed by atoms with E-state index in [-0.39, 0.29) is 11.3 Å². The number of ketones is 1. The number of hydrogen-bond acceptors (Lipinski definition) is 6. The molecule has 1 aliphatic heterocycles. The van der Waals surface area contributed by atoms with Gasteiger partial charge < -0.3 is 9.84 Å². The molecule has 1 aliphatic rings.